The number of thiazole rings is 1. The predicted octanol–water partition coefficient (Wildman–Crippen LogP) is 3.86. The third kappa shape index (κ3) is 2.71. The van der Waals surface area contributed by atoms with E-state index in [4.69, 9.17) is 11.6 Å². The minimum atomic E-state index is -0.304. The number of anilines is 1. The van der Waals surface area contributed by atoms with Crippen molar-refractivity contribution in [1.82, 2.24) is 4.98 Å². The molecule has 0 saturated carbocycles. The Hall–Kier alpha value is -1.13. The van der Waals surface area contributed by atoms with Gasteiger partial charge in [-0.05, 0) is 25.1 Å². The number of halogens is 2. The van der Waals surface area contributed by atoms with E-state index in [9.17, 15) is 4.39 Å². The third-order valence-corrected chi connectivity index (χ3v) is 3.32. The van der Waals surface area contributed by atoms with Gasteiger partial charge in [0.15, 0.2) is 0 Å². The molecule has 84 valence electrons. The van der Waals surface area contributed by atoms with Crippen molar-refractivity contribution in [3.63, 3.8) is 0 Å². The Labute approximate surface area is 102 Å². The van der Waals surface area contributed by atoms with Gasteiger partial charge in [0.1, 0.15) is 10.8 Å². The number of aromatic nitrogens is 1. The van der Waals surface area contributed by atoms with Crippen LogP contribution in [0.3, 0.4) is 0 Å². The largest absolute Gasteiger partial charge is 0.377 e. The van der Waals surface area contributed by atoms with Gasteiger partial charge >= 0.3 is 0 Å². The number of aryl methyl sites for hydroxylation is 1. The van der Waals surface area contributed by atoms with Gasteiger partial charge in [-0.3, -0.25) is 0 Å². The van der Waals surface area contributed by atoms with Crippen molar-refractivity contribution in [2.75, 3.05) is 5.32 Å². The molecule has 2 nitrogen and oxygen atoms in total. The number of hydrogen-bond acceptors (Lipinski definition) is 3. The zero-order valence-electron chi connectivity index (χ0n) is 8.63. The van der Waals surface area contributed by atoms with Crippen LogP contribution >= 0.6 is 22.9 Å². The van der Waals surface area contributed by atoms with Gasteiger partial charge in [0.25, 0.3) is 0 Å². The molecule has 0 amide bonds. The Morgan fingerprint density at radius 3 is 3.00 bits per heavy atom. The fraction of sp³-hybridized carbons (Fsp3) is 0.182. The minimum absolute atomic E-state index is 0.304. The first-order valence-corrected chi connectivity index (χ1v) is 6.01. The van der Waals surface area contributed by atoms with Crippen molar-refractivity contribution in [2.45, 2.75) is 13.5 Å². The summed E-state index contributed by atoms with van der Waals surface area (Å²) >= 11 is 7.49. The Balaban J connectivity index is 2.07. The van der Waals surface area contributed by atoms with Crippen LogP contribution in [0.2, 0.25) is 5.02 Å². The number of benzene rings is 1. The van der Waals surface area contributed by atoms with Crippen molar-refractivity contribution >= 4 is 28.6 Å². The van der Waals surface area contributed by atoms with Crippen LogP contribution in [0.15, 0.2) is 23.6 Å². The SMILES string of the molecule is Cc1csc(CNc2cc(F)ccc2Cl)n1. The predicted molar refractivity (Wildman–Crippen MR) is 65.6 cm³/mol. The van der Waals surface area contributed by atoms with Crippen molar-refractivity contribution in [3.8, 4) is 0 Å². The Morgan fingerprint density at radius 2 is 2.31 bits per heavy atom. The van der Waals surface area contributed by atoms with Crippen molar-refractivity contribution in [2.24, 2.45) is 0 Å². The van der Waals surface area contributed by atoms with Crippen LogP contribution < -0.4 is 5.32 Å². The van der Waals surface area contributed by atoms with Crippen molar-refractivity contribution in [1.29, 1.82) is 0 Å². The number of nitrogens with one attached hydrogen (secondary N) is 1. The highest BCUT2D eigenvalue weighted by molar-refractivity contribution is 7.09. The normalized spacial score (nSPS) is 10.4. The summed E-state index contributed by atoms with van der Waals surface area (Å²) in [6.45, 7) is 2.50. The molecule has 2 rings (SSSR count). The van der Waals surface area contributed by atoms with Crippen molar-refractivity contribution < 1.29 is 4.39 Å². The second-order valence-corrected chi connectivity index (χ2v) is 4.71. The Bertz CT molecular complexity index is 498. The van der Waals surface area contributed by atoms with E-state index in [0.29, 0.717) is 17.3 Å². The monoisotopic (exact) mass is 256 g/mol. The van der Waals surface area contributed by atoms with Crippen LogP contribution in [0.25, 0.3) is 0 Å². The molecule has 0 fully saturated rings. The van der Waals surface area contributed by atoms with Gasteiger partial charge in [-0.2, -0.15) is 0 Å². The Morgan fingerprint density at radius 1 is 1.50 bits per heavy atom. The van der Waals surface area contributed by atoms with Gasteiger partial charge in [-0.15, -0.1) is 11.3 Å². The van der Waals surface area contributed by atoms with Crippen LogP contribution in [0.5, 0.6) is 0 Å². The van der Waals surface area contributed by atoms with Crippen LogP contribution in [0.4, 0.5) is 10.1 Å². The minimum Gasteiger partial charge on any atom is -0.377 e. The molecule has 0 spiro atoms. The van der Waals surface area contributed by atoms with E-state index in [1.54, 1.807) is 11.3 Å². The van der Waals surface area contributed by atoms with Gasteiger partial charge in [-0.25, -0.2) is 9.37 Å². The molecule has 1 heterocycles. The summed E-state index contributed by atoms with van der Waals surface area (Å²) in [4.78, 5) is 4.30. The maximum absolute atomic E-state index is 13.0. The quantitative estimate of drug-likeness (QED) is 0.902. The molecule has 1 aromatic carbocycles. The number of hydrogen-bond donors (Lipinski definition) is 1. The first-order valence-electron chi connectivity index (χ1n) is 4.75. The maximum Gasteiger partial charge on any atom is 0.125 e. The van der Waals surface area contributed by atoms with Crippen LogP contribution in [-0.2, 0) is 6.54 Å². The summed E-state index contributed by atoms with van der Waals surface area (Å²) in [6.07, 6.45) is 0. The number of nitrogens with zero attached hydrogens (tertiary/aromatic N) is 1. The topological polar surface area (TPSA) is 24.9 Å². The molecular formula is C11H10ClFN2S. The molecule has 1 aromatic heterocycles. The van der Waals surface area contributed by atoms with Crippen molar-refractivity contribution in [3.05, 3.63) is 45.1 Å². The van der Waals surface area contributed by atoms with Gasteiger partial charge < -0.3 is 5.32 Å². The fourth-order valence-corrected chi connectivity index (χ4v) is 2.18. The van der Waals surface area contributed by atoms with E-state index >= 15 is 0 Å². The lowest BCUT2D eigenvalue weighted by molar-refractivity contribution is 0.628. The standard InChI is InChI=1S/C11H10ClFN2S/c1-7-6-16-11(15-7)5-14-10-4-8(13)2-3-9(10)12/h2-4,6,14H,5H2,1H3. The van der Waals surface area contributed by atoms with E-state index < -0.39 is 0 Å². The van der Waals surface area contributed by atoms with E-state index in [1.165, 1.54) is 18.2 Å². The molecular weight excluding hydrogens is 247 g/mol. The zero-order valence-corrected chi connectivity index (χ0v) is 10.2. The summed E-state index contributed by atoms with van der Waals surface area (Å²) in [5, 5.41) is 6.50. The molecule has 0 unspecified atom stereocenters. The first kappa shape index (κ1) is 11.4. The highest BCUT2D eigenvalue weighted by Gasteiger charge is 2.03. The molecule has 0 aliphatic rings. The summed E-state index contributed by atoms with van der Waals surface area (Å²) < 4.78 is 13.0. The average Bonchev–Trinajstić information content (AvgIpc) is 2.66. The summed E-state index contributed by atoms with van der Waals surface area (Å²) in [5.74, 6) is -0.304. The lowest BCUT2D eigenvalue weighted by atomic mass is 10.3. The highest BCUT2D eigenvalue weighted by atomic mass is 35.5. The molecule has 5 heteroatoms. The summed E-state index contributed by atoms with van der Waals surface area (Å²) in [6, 6.07) is 4.25. The number of rotatable bonds is 3. The summed E-state index contributed by atoms with van der Waals surface area (Å²) in [7, 11) is 0. The molecule has 0 saturated heterocycles. The van der Waals surface area contributed by atoms with Gasteiger partial charge in [0, 0.05) is 11.1 Å². The second-order valence-electron chi connectivity index (χ2n) is 3.36. The average molecular weight is 257 g/mol. The maximum atomic E-state index is 13.0. The van der Waals surface area contributed by atoms with E-state index in [2.05, 4.69) is 10.3 Å². The van der Waals surface area contributed by atoms with Crippen LogP contribution in [0, 0.1) is 12.7 Å². The molecule has 0 atom stereocenters. The first-order chi connectivity index (χ1) is 7.65. The zero-order chi connectivity index (χ0) is 11.5. The van der Waals surface area contributed by atoms with Gasteiger partial charge in [-0.1, -0.05) is 11.6 Å². The molecule has 0 aliphatic carbocycles. The van der Waals surface area contributed by atoms with Gasteiger partial charge in [0.2, 0.25) is 0 Å². The second kappa shape index (κ2) is 4.80. The Kier molecular flexibility index (Phi) is 3.41. The lowest BCUT2D eigenvalue weighted by Crippen LogP contribution is -2.00. The third-order valence-electron chi connectivity index (χ3n) is 2.03. The molecule has 16 heavy (non-hydrogen) atoms. The molecule has 1 N–H and O–H groups in total. The smallest absolute Gasteiger partial charge is 0.125 e. The fourth-order valence-electron chi connectivity index (χ4n) is 1.29. The van der Waals surface area contributed by atoms with E-state index in [1.807, 2.05) is 12.3 Å². The molecule has 0 aliphatic heterocycles. The van der Waals surface area contributed by atoms with Crippen LogP contribution in [0.1, 0.15) is 10.7 Å². The van der Waals surface area contributed by atoms with Gasteiger partial charge in [0.05, 0.1) is 17.3 Å². The molecule has 2 aromatic rings. The highest BCUT2D eigenvalue weighted by Crippen LogP contribution is 2.23. The van der Waals surface area contributed by atoms with E-state index in [0.717, 1.165) is 10.7 Å². The van der Waals surface area contributed by atoms with E-state index in [-0.39, 0.29) is 5.82 Å². The van der Waals surface area contributed by atoms with Crippen LogP contribution in [-0.4, -0.2) is 4.98 Å². The molecule has 0 radical (unpaired) electrons. The summed E-state index contributed by atoms with van der Waals surface area (Å²) in [5.41, 5.74) is 1.58. The molecule has 0 bridgehead atoms. The lowest BCUT2D eigenvalue weighted by Gasteiger charge is -2.06.